The van der Waals surface area contributed by atoms with Crippen LogP contribution in [0.15, 0.2) is 33.8 Å². The molecule has 20 heavy (non-hydrogen) atoms. The van der Waals surface area contributed by atoms with Gasteiger partial charge in [0.1, 0.15) is 11.3 Å². The Labute approximate surface area is 115 Å². The van der Waals surface area contributed by atoms with E-state index in [0.29, 0.717) is 22.6 Å². The molecule has 0 fully saturated rings. The number of hydrogen-bond acceptors (Lipinski definition) is 5. The van der Waals surface area contributed by atoms with Crippen molar-refractivity contribution in [3.8, 4) is 0 Å². The van der Waals surface area contributed by atoms with Crippen LogP contribution < -0.4 is 10.5 Å². The number of aromatic nitrogens is 1. The quantitative estimate of drug-likeness (QED) is 0.882. The minimum atomic E-state index is -3.76. The molecule has 2 rings (SSSR count). The van der Waals surface area contributed by atoms with Gasteiger partial charge in [0.05, 0.1) is 11.1 Å². The van der Waals surface area contributed by atoms with Crippen molar-refractivity contribution in [1.82, 2.24) is 5.16 Å². The van der Waals surface area contributed by atoms with E-state index in [-0.39, 0.29) is 10.8 Å². The van der Waals surface area contributed by atoms with Gasteiger partial charge in [0.25, 0.3) is 5.91 Å². The number of carbonyl (C=O) groups is 1. The van der Waals surface area contributed by atoms with E-state index in [1.165, 1.54) is 24.4 Å². The van der Waals surface area contributed by atoms with Gasteiger partial charge in [-0.05, 0) is 37.6 Å². The average molecular weight is 295 g/mol. The Morgan fingerprint density at radius 1 is 1.35 bits per heavy atom. The molecular formula is C12H13N3O4S. The lowest BCUT2D eigenvalue weighted by molar-refractivity contribution is 0.102. The first-order valence-corrected chi connectivity index (χ1v) is 7.20. The van der Waals surface area contributed by atoms with Crippen LogP contribution in [0.5, 0.6) is 0 Å². The monoisotopic (exact) mass is 295 g/mol. The van der Waals surface area contributed by atoms with E-state index in [1.54, 1.807) is 13.8 Å². The van der Waals surface area contributed by atoms with Crippen LogP contribution in [0.3, 0.4) is 0 Å². The minimum absolute atomic E-state index is 0.00541. The number of aryl methyl sites for hydroxylation is 2. The molecule has 0 aliphatic carbocycles. The Morgan fingerprint density at radius 2 is 2.05 bits per heavy atom. The fourth-order valence-corrected chi connectivity index (χ4v) is 2.26. The van der Waals surface area contributed by atoms with E-state index in [4.69, 9.17) is 9.66 Å². The van der Waals surface area contributed by atoms with Crippen molar-refractivity contribution >= 4 is 21.6 Å². The van der Waals surface area contributed by atoms with E-state index < -0.39 is 10.0 Å². The van der Waals surface area contributed by atoms with E-state index in [0.717, 1.165) is 0 Å². The molecule has 106 valence electrons. The first-order chi connectivity index (χ1) is 9.29. The van der Waals surface area contributed by atoms with Gasteiger partial charge in [0, 0.05) is 5.69 Å². The van der Waals surface area contributed by atoms with Gasteiger partial charge in [-0.25, -0.2) is 13.6 Å². The standard InChI is InChI=1S/C12H13N3O4S/c1-7-5-9(20(13,17)18)3-4-11(7)15-12(16)10-6-14-19-8(10)2/h3-6H,1-2H3,(H,15,16)(H2,13,17,18). The van der Waals surface area contributed by atoms with Crippen LogP contribution in [0, 0.1) is 13.8 Å². The topological polar surface area (TPSA) is 115 Å². The van der Waals surface area contributed by atoms with Gasteiger partial charge in [-0.2, -0.15) is 0 Å². The number of carbonyl (C=O) groups excluding carboxylic acids is 1. The number of nitrogens with one attached hydrogen (secondary N) is 1. The molecule has 0 unspecified atom stereocenters. The first kappa shape index (κ1) is 14.2. The van der Waals surface area contributed by atoms with E-state index in [9.17, 15) is 13.2 Å². The average Bonchev–Trinajstić information content (AvgIpc) is 2.76. The zero-order chi connectivity index (χ0) is 14.9. The summed E-state index contributed by atoms with van der Waals surface area (Å²) < 4.78 is 27.3. The number of nitrogens with zero attached hydrogens (tertiary/aromatic N) is 1. The summed E-state index contributed by atoms with van der Waals surface area (Å²) in [4.78, 5) is 12.0. The fraction of sp³-hybridized carbons (Fsp3) is 0.167. The highest BCUT2D eigenvalue weighted by Crippen LogP contribution is 2.20. The lowest BCUT2D eigenvalue weighted by atomic mass is 10.2. The predicted molar refractivity (Wildman–Crippen MR) is 71.7 cm³/mol. The highest BCUT2D eigenvalue weighted by molar-refractivity contribution is 7.89. The number of amides is 1. The van der Waals surface area contributed by atoms with E-state index >= 15 is 0 Å². The maximum Gasteiger partial charge on any atom is 0.260 e. The smallest absolute Gasteiger partial charge is 0.260 e. The number of nitrogens with two attached hydrogens (primary N) is 1. The lowest BCUT2D eigenvalue weighted by Crippen LogP contribution is -2.15. The van der Waals surface area contributed by atoms with Crippen LogP contribution in [0.2, 0.25) is 0 Å². The minimum Gasteiger partial charge on any atom is -0.361 e. The summed E-state index contributed by atoms with van der Waals surface area (Å²) in [6.07, 6.45) is 1.32. The van der Waals surface area contributed by atoms with Crippen molar-refractivity contribution in [2.45, 2.75) is 18.7 Å². The molecule has 3 N–H and O–H groups in total. The highest BCUT2D eigenvalue weighted by atomic mass is 32.2. The van der Waals surface area contributed by atoms with Crippen LogP contribution >= 0.6 is 0 Å². The largest absolute Gasteiger partial charge is 0.361 e. The van der Waals surface area contributed by atoms with Crippen molar-refractivity contribution in [3.63, 3.8) is 0 Å². The molecule has 2 aromatic rings. The summed E-state index contributed by atoms with van der Waals surface area (Å²) in [5.41, 5.74) is 1.39. The van der Waals surface area contributed by atoms with Crippen LogP contribution in [-0.2, 0) is 10.0 Å². The number of rotatable bonds is 3. The van der Waals surface area contributed by atoms with E-state index in [1.807, 2.05) is 0 Å². The van der Waals surface area contributed by atoms with Crippen molar-refractivity contribution < 1.29 is 17.7 Å². The third-order valence-electron chi connectivity index (χ3n) is 2.77. The third-order valence-corrected chi connectivity index (χ3v) is 3.68. The van der Waals surface area contributed by atoms with E-state index in [2.05, 4.69) is 10.5 Å². The molecule has 0 saturated heterocycles. The molecule has 1 heterocycles. The van der Waals surface area contributed by atoms with Crippen molar-refractivity contribution in [1.29, 1.82) is 0 Å². The molecule has 0 radical (unpaired) electrons. The van der Waals surface area contributed by atoms with Crippen molar-refractivity contribution in [3.05, 3.63) is 41.3 Å². The Bertz CT molecular complexity index is 765. The second kappa shape index (κ2) is 5.06. The first-order valence-electron chi connectivity index (χ1n) is 5.65. The Hall–Kier alpha value is -2.19. The predicted octanol–water partition coefficient (Wildman–Crippen LogP) is 1.19. The second-order valence-electron chi connectivity index (χ2n) is 4.27. The maximum absolute atomic E-state index is 12.0. The van der Waals surface area contributed by atoms with Crippen molar-refractivity contribution in [2.24, 2.45) is 5.14 Å². The van der Waals surface area contributed by atoms with Crippen LogP contribution in [0.1, 0.15) is 21.7 Å². The zero-order valence-corrected chi connectivity index (χ0v) is 11.7. The molecule has 0 atom stereocenters. The molecule has 7 nitrogen and oxygen atoms in total. The number of primary sulfonamides is 1. The summed E-state index contributed by atoms with van der Waals surface area (Å²) in [6.45, 7) is 3.30. The molecule has 1 aromatic carbocycles. The van der Waals surface area contributed by atoms with Gasteiger partial charge < -0.3 is 9.84 Å². The van der Waals surface area contributed by atoms with Gasteiger partial charge in [0.15, 0.2) is 0 Å². The van der Waals surface area contributed by atoms with Crippen LogP contribution in [-0.4, -0.2) is 19.5 Å². The summed E-state index contributed by atoms with van der Waals surface area (Å²) in [7, 11) is -3.76. The Balaban J connectivity index is 2.27. The normalized spacial score (nSPS) is 11.3. The molecular weight excluding hydrogens is 282 g/mol. The summed E-state index contributed by atoms with van der Waals surface area (Å²) >= 11 is 0. The Morgan fingerprint density at radius 3 is 2.55 bits per heavy atom. The zero-order valence-electron chi connectivity index (χ0n) is 10.9. The SMILES string of the molecule is Cc1cc(S(N)(=O)=O)ccc1NC(=O)c1cnoc1C. The lowest BCUT2D eigenvalue weighted by Gasteiger charge is -2.09. The summed E-state index contributed by atoms with van der Waals surface area (Å²) in [6, 6.07) is 4.21. The molecule has 0 bridgehead atoms. The maximum atomic E-state index is 12.0. The molecule has 0 aliphatic rings. The van der Waals surface area contributed by atoms with Gasteiger partial charge in [-0.3, -0.25) is 4.79 Å². The highest BCUT2D eigenvalue weighted by Gasteiger charge is 2.15. The molecule has 0 saturated carbocycles. The van der Waals surface area contributed by atoms with Gasteiger partial charge >= 0.3 is 0 Å². The molecule has 1 amide bonds. The number of anilines is 1. The number of sulfonamides is 1. The number of hydrogen-bond donors (Lipinski definition) is 2. The third kappa shape index (κ3) is 2.86. The summed E-state index contributed by atoms with van der Waals surface area (Å²) in [5.74, 6) is 0.0246. The van der Waals surface area contributed by atoms with Gasteiger partial charge in [0.2, 0.25) is 10.0 Å². The molecule has 0 spiro atoms. The van der Waals surface area contributed by atoms with Gasteiger partial charge in [-0.15, -0.1) is 0 Å². The van der Waals surface area contributed by atoms with Crippen LogP contribution in [0.25, 0.3) is 0 Å². The summed E-state index contributed by atoms with van der Waals surface area (Å²) in [5, 5.41) is 11.2. The van der Waals surface area contributed by atoms with Crippen molar-refractivity contribution in [2.75, 3.05) is 5.32 Å². The molecule has 8 heteroatoms. The van der Waals surface area contributed by atoms with Crippen LogP contribution in [0.4, 0.5) is 5.69 Å². The Kier molecular flexibility index (Phi) is 3.60. The van der Waals surface area contributed by atoms with Gasteiger partial charge in [-0.1, -0.05) is 5.16 Å². The molecule has 1 aromatic heterocycles. The molecule has 0 aliphatic heterocycles. The fourth-order valence-electron chi connectivity index (χ4n) is 1.66. The second-order valence-corrected chi connectivity index (χ2v) is 5.83. The number of benzene rings is 1.